The van der Waals surface area contributed by atoms with Gasteiger partial charge in [0.2, 0.25) is 0 Å². The Kier molecular flexibility index (Phi) is 4.57. The predicted octanol–water partition coefficient (Wildman–Crippen LogP) is 1.37. The van der Waals surface area contributed by atoms with Crippen LogP contribution in [0.3, 0.4) is 0 Å². The molecule has 0 amide bonds. The highest BCUT2D eigenvalue weighted by Gasteiger charge is 2.54. The average molecular weight is 336 g/mol. The quantitative estimate of drug-likeness (QED) is 0.838. The van der Waals surface area contributed by atoms with Crippen LogP contribution in [0, 0.1) is 5.92 Å². The van der Waals surface area contributed by atoms with E-state index in [2.05, 4.69) is 10.2 Å². The topological polar surface area (TPSA) is 97.6 Å². The summed E-state index contributed by atoms with van der Waals surface area (Å²) in [6.07, 6.45) is -5.93. The second-order valence-corrected chi connectivity index (χ2v) is 5.82. The van der Waals surface area contributed by atoms with Gasteiger partial charge in [-0.05, 0) is 5.56 Å². The molecular weight excluding hydrogens is 319 g/mol. The number of halogens is 1. The molecule has 128 valence electrons. The summed E-state index contributed by atoms with van der Waals surface area (Å²) in [5.41, 5.74) is 0.234. The third-order valence-corrected chi connectivity index (χ3v) is 4.18. The molecule has 1 fully saturated rings. The van der Waals surface area contributed by atoms with E-state index in [1.54, 1.807) is 18.2 Å². The summed E-state index contributed by atoms with van der Waals surface area (Å²) in [4.78, 5) is 23.4. The van der Waals surface area contributed by atoms with Gasteiger partial charge >= 0.3 is 11.9 Å². The van der Waals surface area contributed by atoms with Crippen molar-refractivity contribution in [3.8, 4) is 0 Å². The SMILES string of the molecule is CC(=O)OC1C2N=NCC2C(=O)O[C@H]1C(O)C(F)c1ccccc1. The number of azo groups is 1. The number of esters is 2. The number of nitrogens with zero attached hydrogens (tertiary/aromatic N) is 2. The minimum atomic E-state index is -1.81. The summed E-state index contributed by atoms with van der Waals surface area (Å²) < 4.78 is 25.0. The predicted molar refractivity (Wildman–Crippen MR) is 78.7 cm³/mol. The van der Waals surface area contributed by atoms with E-state index in [-0.39, 0.29) is 12.1 Å². The van der Waals surface area contributed by atoms with E-state index in [1.807, 2.05) is 0 Å². The molecule has 1 aromatic rings. The highest BCUT2D eigenvalue weighted by atomic mass is 19.1. The van der Waals surface area contributed by atoms with Crippen LogP contribution in [0.5, 0.6) is 0 Å². The first-order valence-corrected chi connectivity index (χ1v) is 7.60. The first-order chi connectivity index (χ1) is 11.5. The molecule has 0 bridgehead atoms. The number of aliphatic hydroxyl groups excluding tert-OH is 1. The molecule has 6 atom stereocenters. The maximum absolute atomic E-state index is 14.7. The number of fused-ring (bicyclic) bond motifs is 1. The molecule has 8 heteroatoms. The summed E-state index contributed by atoms with van der Waals surface area (Å²) in [7, 11) is 0. The van der Waals surface area contributed by atoms with Gasteiger partial charge in [0.25, 0.3) is 0 Å². The van der Waals surface area contributed by atoms with Crippen LogP contribution in [0.15, 0.2) is 40.6 Å². The van der Waals surface area contributed by atoms with Crippen LogP contribution < -0.4 is 0 Å². The number of alkyl halides is 1. The van der Waals surface area contributed by atoms with Gasteiger partial charge < -0.3 is 14.6 Å². The van der Waals surface area contributed by atoms with Crippen molar-refractivity contribution in [1.82, 2.24) is 0 Å². The van der Waals surface area contributed by atoms with Gasteiger partial charge in [0.1, 0.15) is 18.1 Å². The molecule has 0 radical (unpaired) electrons. The van der Waals surface area contributed by atoms with Crippen LogP contribution in [0.1, 0.15) is 18.7 Å². The van der Waals surface area contributed by atoms with Gasteiger partial charge in [-0.3, -0.25) is 9.59 Å². The molecule has 5 unspecified atom stereocenters. The standard InChI is InChI=1S/C16H17FN2O5/c1-8(20)23-14-12-10(7-18-19-12)16(22)24-15(14)13(21)11(17)9-5-3-2-4-6-9/h2-6,10-15,21H,7H2,1H3/t10?,11?,12?,13?,14?,15-/m0/s1. The molecular formula is C16H17FN2O5. The van der Waals surface area contributed by atoms with Crippen molar-refractivity contribution in [3.63, 3.8) is 0 Å². The molecule has 24 heavy (non-hydrogen) atoms. The van der Waals surface area contributed by atoms with Crippen molar-refractivity contribution in [3.05, 3.63) is 35.9 Å². The Morgan fingerprint density at radius 1 is 1.42 bits per heavy atom. The lowest BCUT2D eigenvalue weighted by atomic mass is 9.86. The highest BCUT2D eigenvalue weighted by Crippen LogP contribution is 2.36. The number of hydrogen-bond acceptors (Lipinski definition) is 7. The largest absolute Gasteiger partial charge is 0.456 e. The van der Waals surface area contributed by atoms with E-state index in [4.69, 9.17) is 9.47 Å². The van der Waals surface area contributed by atoms with Crippen molar-refractivity contribution in [2.75, 3.05) is 6.54 Å². The van der Waals surface area contributed by atoms with Crippen LogP contribution in [0.25, 0.3) is 0 Å². The van der Waals surface area contributed by atoms with Gasteiger partial charge in [-0.2, -0.15) is 10.2 Å². The van der Waals surface area contributed by atoms with E-state index >= 15 is 0 Å². The van der Waals surface area contributed by atoms with Crippen LogP contribution in [-0.4, -0.2) is 47.9 Å². The second kappa shape index (κ2) is 6.64. The summed E-state index contributed by atoms with van der Waals surface area (Å²) in [5, 5.41) is 18.1. The van der Waals surface area contributed by atoms with Crippen LogP contribution in [0.2, 0.25) is 0 Å². The van der Waals surface area contributed by atoms with Gasteiger partial charge in [-0.15, -0.1) is 0 Å². The zero-order chi connectivity index (χ0) is 17.3. The van der Waals surface area contributed by atoms with Gasteiger partial charge in [0, 0.05) is 6.92 Å². The van der Waals surface area contributed by atoms with Crippen molar-refractivity contribution >= 4 is 11.9 Å². The molecule has 0 aliphatic carbocycles. The minimum Gasteiger partial charge on any atom is -0.456 e. The molecule has 1 N–H and O–H groups in total. The Labute approximate surface area is 137 Å². The molecule has 0 aromatic heterocycles. The summed E-state index contributed by atoms with van der Waals surface area (Å²) in [6, 6.07) is 7.24. The summed E-state index contributed by atoms with van der Waals surface area (Å²) >= 11 is 0. The molecule has 2 aliphatic rings. The monoisotopic (exact) mass is 336 g/mol. The molecule has 2 heterocycles. The molecule has 1 aromatic carbocycles. The maximum atomic E-state index is 14.7. The fourth-order valence-electron chi connectivity index (χ4n) is 3.00. The smallest absolute Gasteiger partial charge is 0.313 e. The zero-order valence-electron chi connectivity index (χ0n) is 12.9. The third kappa shape index (κ3) is 3.01. The fourth-order valence-corrected chi connectivity index (χ4v) is 3.00. The first-order valence-electron chi connectivity index (χ1n) is 7.60. The number of carbonyl (C=O) groups excluding carboxylic acids is 2. The lowest BCUT2D eigenvalue weighted by Gasteiger charge is -2.38. The molecule has 0 spiro atoms. The molecule has 0 saturated carbocycles. The Bertz CT molecular complexity index is 653. The number of carbonyl (C=O) groups is 2. The number of benzene rings is 1. The summed E-state index contributed by atoms with van der Waals surface area (Å²) in [6.45, 7) is 1.31. The third-order valence-electron chi connectivity index (χ3n) is 4.18. The second-order valence-electron chi connectivity index (χ2n) is 5.82. The minimum absolute atomic E-state index is 0.127. The lowest BCUT2D eigenvalue weighted by molar-refractivity contribution is -0.199. The van der Waals surface area contributed by atoms with E-state index in [0.29, 0.717) is 0 Å². The first kappa shape index (κ1) is 16.5. The normalized spacial score (nSPS) is 31.0. The van der Waals surface area contributed by atoms with Gasteiger partial charge in [-0.25, -0.2) is 4.39 Å². The molecule has 1 saturated heterocycles. The average Bonchev–Trinajstić information content (AvgIpc) is 3.07. The van der Waals surface area contributed by atoms with Crippen LogP contribution in [-0.2, 0) is 19.1 Å². The molecule has 3 rings (SSSR count). The summed E-state index contributed by atoms with van der Waals surface area (Å²) in [5.74, 6) is -1.93. The maximum Gasteiger partial charge on any atom is 0.313 e. The van der Waals surface area contributed by atoms with Crippen LogP contribution in [0.4, 0.5) is 4.39 Å². The van der Waals surface area contributed by atoms with Crippen molar-refractivity contribution in [2.45, 2.75) is 37.4 Å². The number of aliphatic hydroxyl groups is 1. The van der Waals surface area contributed by atoms with Gasteiger partial charge in [0.15, 0.2) is 18.4 Å². The number of rotatable bonds is 4. The van der Waals surface area contributed by atoms with E-state index in [0.717, 1.165) is 0 Å². The Balaban J connectivity index is 1.86. The number of ether oxygens (including phenoxy) is 2. The molecule has 7 nitrogen and oxygen atoms in total. The van der Waals surface area contributed by atoms with Crippen molar-refractivity contribution in [1.29, 1.82) is 0 Å². The number of hydrogen-bond donors (Lipinski definition) is 1. The Morgan fingerprint density at radius 3 is 2.79 bits per heavy atom. The Hall–Kier alpha value is -2.35. The van der Waals surface area contributed by atoms with E-state index in [9.17, 15) is 19.1 Å². The van der Waals surface area contributed by atoms with E-state index in [1.165, 1.54) is 19.1 Å². The van der Waals surface area contributed by atoms with Crippen LogP contribution >= 0.6 is 0 Å². The van der Waals surface area contributed by atoms with Crippen molar-refractivity contribution in [2.24, 2.45) is 16.1 Å². The van der Waals surface area contributed by atoms with Gasteiger partial charge in [-0.1, -0.05) is 30.3 Å². The zero-order valence-corrected chi connectivity index (χ0v) is 12.9. The Morgan fingerprint density at radius 2 is 2.12 bits per heavy atom. The fraction of sp³-hybridized carbons (Fsp3) is 0.500. The van der Waals surface area contributed by atoms with Crippen molar-refractivity contribution < 1.29 is 28.6 Å². The number of cyclic esters (lactones) is 1. The van der Waals surface area contributed by atoms with E-state index < -0.39 is 48.4 Å². The highest BCUT2D eigenvalue weighted by molar-refractivity contribution is 5.76. The lowest BCUT2D eigenvalue weighted by Crippen LogP contribution is -2.57. The van der Waals surface area contributed by atoms with Gasteiger partial charge in [0.05, 0.1) is 6.54 Å². The molecule has 2 aliphatic heterocycles.